The number of carbonyl (C=O) groups is 1. The summed E-state index contributed by atoms with van der Waals surface area (Å²) in [4.78, 5) is 14.7. The van der Waals surface area contributed by atoms with Crippen LogP contribution in [0.15, 0.2) is 28.8 Å². The van der Waals surface area contributed by atoms with E-state index >= 15 is 0 Å². The number of benzene rings is 1. The van der Waals surface area contributed by atoms with Crippen LogP contribution < -0.4 is 4.74 Å². The molecule has 1 aliphatic heterocycles. The molecule has 1 aromatic carbocycles. The van der Waals surface area contributed by atoms with Crippen LogP contribution in [0, 0.1) is 13.8 Å². The van der Waals surface area contributed by atoms with Crippen molar-refractivity contribution in [2.24, 2.45) is 0 Å². The molecule has 0 N–H and O–H groups in total. The number of aryl methyl sites for hydroxylation is 2. The van der Waals surface area contributed by atoms with Gasteiger partial charge in [0.05, 0.1) is 5.56 Å². The second kappa shape index (κ2) is 7.51. The van der Waals surface area contributed by atoms with Gasteiger partial charge in [-0.25, -0.2) is 0 Å². The van der Waals surface area contributed by atoms with E-state index in [9.17, 15) is 4.79 Å². The highest BCUT2D eigenvalue weighted by Gasteiger charge is 2.25. The van der Waals surface area contributed by atoms with Crippen molar-refractivity contribution in [3.8, 4) is 5.75 Å². The van der Waals surface area contributed by atoms with Gasteiger partial charge in [0.1, 0.15) is 18.1 Å². The van der Waals surface area contributed by atoms with Crippen LogP contribution in [0.25, 0.3) is 0 Å². The molecule has 5 nitrogen and oxygen atoms in total. The molecule has 5 heteroatoms. The Labute approximate surface area is 142 Å². The van der Waals surface area contributed by atoms with Gasteiger partial charge >= 0.3 is 0 Å². The van der Waals surface area contributed by atoms with E-state index in [4.69, 9.17) is 9.26 Å². The Morgan fingerprint density at radius 2 is 1.96 bits per heavy atom. The Kier molecular flexibility index (Phi) is 5.18. The summed E-state index contributed by atoms with van der Waals surface area (Å²) in [5.41, 5.74) is 2.27. The van der Waals surface area contributed by atoms with Gasteiger partial charge in [-0.05, 0) is 44.4 Å². The van der Waals surface area contributed by atoms with Crippen LogP contribution in [0.1, 0.15) is 53.1 Å². The molecule has 0 unspecified atom stereocenters. The van der Waals surface area contributed by atoms with Gasteiger partial charge in [-0.15, -0.1) is 0 Å². The minimum atomic E-state index is -0.0448. The van der Waals surface area contributed by atoms with Gasteiger partial charge in [-0.2, -0.15) is 0 Å². The van der Waals surface area contributed by atoms with Crippen LogP contribution in [0.3, 0.4) is 0 Å². The lowest BCUT2D eigenvalue weighted by Gasteiger charge is -2.19. The van der Waals surface area contributed by atoms with E-state index in [2.05, 4.69) is 5.16 Å². The molecule has 1 amide bonds. The van der Waals surface area contributed by atoms with Crippen molar-refractivity contribution in [1.29, 1.82) is 0 Å². The highest BCUT2D eigenvalue weighted by molar-refractivity contribution is 5.93. The van der Waals surface area contributed by atoms with Crippen LogP contribution in [-0.4, -0.2) is 29.1 Å². The summed E-state index contributed by atoms with van der Waals surface area (Å²) in [6, 6.07) is 7.85. The molecule has 1 aliphatic rings. The van der Waals surface area contributed by atoms with Gasteiger partial charge in [0, 0.05) is 13.1 Å². The second-order valence-corrected chi connectivity index (χ2v) is 6.38. The summed E-state index contributed by atoms with van der Waals surface area (Å²) < 4.78 is 11.1. The first kappa shape index (κ1) is 16.6. The van der Waals surface area contributed by atoms with Crippen LogP contribution in [0.2, 0.25) is 0 Å². The van der Waals surface area contributed by atoms with E-state index in [1.54, 1.807) is 0 Å². The first-order chi connectivity index (χ1) is 11.6. The van der Waals surface area contributed by atoms with E-state index in [0.29, 0.717) is 11.5 Å². The van der Waals surface area contributed by atoms with Crippen molar-refractivity contribution in [1.82, 2.24) is 10.1 Å². The van der Waals surface area contributed by atoms with Gasteiger partial charge in [-0.1, -0.05) is 30.1 Å². The number of hydrogen-bond donors (Lipinski definition) is 0. The predicted octanol–water partition coefficient (Wildman–Crippen LogP) is 3.89. The van der Waals surface area contributed by atoms with Crippen molar-refractivity contribution < 1.29 is 14.1 Å². The summed E-state index contributed by atoms with van der Waals surface area (Å²) in [6.45, 7) is 5.71. The number of amides is 1. The molecular weight excluding hydrogens is 304 g/mol. The Morgan fingerprint density at radius 1 is 1.21 bits per heavy atom. The van der Waals surface area contributed by atoms with Crippen LogP contribution >= 0.6 is 0 Å². The fourth-order valence-electron chi connectivity index (χ4n) is 3.01. The quantitative estimate of drug-likeness (QED) is 0.854. The Morgan fingerprint density at radius 3 is 2.67 bits per heavy atom. The first-order valence-corrected chi connectivity index (χ1v) is 8.59. The van der Waals surface area contributed by atoms with E-state index in [0.717, 1.165) is 42.8 Å². The minimum Gasteiger partial charge on any atom is -0.489 e. The van der Waals surface area contributed by atoms with Crippen molar-refractivity contribution in [3.05, 3.63) is 46.8 Å². The molecule has 3 rings (SSSR count). The van der Waals surface area contributed by atoms with Gasteiger partial charge in [0.15, 0.2) is 5.69 Å². The Hall–Kier alpha value is -2.30. The zero-order valence-corrected chi connectivity index (χ0v) is 14.4. The topological polar surface area (TPSA) is 55.6 Å². The molecule has 0 radical (unpaired) electrons. The fraction of sp³-hybridized carbons (Fsp3) is 0.474. The molecule has 128 valence electrons. The van der Waals surface area contributed by atoms with Crippen LogP contribution in [0.5, 0.6) is 5.75 Å². The monoisotopic (exact) mass is 328 g/mol. The molecule has 0 atom stereocenters. The molecule has 0 aliphatic carbocycles. The lowest BCUT2D eigenvalue weighted by molar-refractivity contribution is 0.0749. The Bertz CT molecular complexity index is 700. The number of hydrogen-bond acceptors (Lipinski definition) is 4. The molecule has 1 saturated heterocycles. The lowest BCUT2D eigenvalue weighted by atomic mass is 10.2. The standard InChI is InChI=1S/C19H24N2O3/c1-14-8-7-9-16(12-14)23-13-17-15(2)24-20-18(17)19(22)21-10-5-3-4-6-11-21/h7-9,12H,3-6,10-11,13H2,1-2H3. The molecule has 2 aromatic rings. The zero-order chi connectivity index (χ0) is 16.9. The summed E-state index contributed by atoms with van der Waals surface area (Å²) in [5, 5.41) is 4.01. The zero-order valence-electron chi connectivity index (χ0n) is 14.4. The normalized spacial score (nSPS) is 15.2. The minimum absolute atomic E-state index is 0.0448. The second-order valence-electron chi connectivity index (χ2n) is 6.38. The van der Waals surface area contributed by atoms with E-state index in [1.807, 2.05) is 43.0 Å². The van der Waals surface area contributed by atoms with Gasteiger partial charge in [0.2, 0.25) is 0 Å². The highest BCUT2D eigenvalue weighted by Crippen LogP contribution is 2.21. The largest absolute Gasteiger partial charge is 0.489 e. The average Bonchev–Trinajstić information content (AvgIpc) is 2.77. The van der Waals surface area contributed by atoms with Gasteiger partial charge < -0.3 is 14.2 Å². The van der Waals surface area contributed by atoms with Crippen molar-refractivity contribution in [2.45, 2.75) is 46.1 Å². The van der Waals surface area contributed by atoms with Gasteiger partial charge in [0.25, 0.3) is 5.91 Å². The smallest absolute Gasteiger partial charge is 0.276 e. The van der Waals surface area contributed by atoms with Crippen molar-refractivity contribution in [2.75, 3.05) is 13.1 Å². The molecule has 2 heterocycles. The van der Waals surface area contributed by atoms with E-state index in [-0.39, 0.29) is 12.5 Å². The number of rotatable bonds is 4. The maximum absolute atomic E-state index is 12.8. The van der Waals surface area contributed by atoms with Crippen molar-refractivity contribution in [3.63, 3.8) is 0 Å². The average molecular weight is 328 g/mol. The third-order valence-corrected chi connectivity index (χ3v) is 4.45. The molecule has 0 spiro atoms. The van der Waals surface area contributed by atoms with Gasteiger partial charge in [-0.3, -0.25) is 4.79 Å². The molecule has 1 fully saturated rings. The van der Waals surface area contributed by atoms with Crippen LogP contribution in [-0.2, 0) is 6.61 Å². The molecule has 24 heavy (non-hydrogen) atoms. The Balaban J connectivity index is 1.74. The number of nitrogens with zero attached hydrogens (tertiary/aromatic N) is 2. The third-order valence-electron chi connectivity index (χ3n) is 4.45. The highest BCUT2D eigenvalue weighted by atomic mass is 16.5. The third kappa shape index (κ3) is 3.78. The summed E-state index contributed by atoms with van der Waals surface area (Å²) in [7, 11) is 0. The predicted molar refractivity (Wildman–Crippen MR) is 91.1 cm³/mol. The maximum Gasteiger partial charge on any atom is 0.276 e. The fourth-order valence-corrected chi connectivity index (χ4v) is 3.01. The number of likely N-dealkylation sites (tertiary alicyclic amines) is 1. The number of aromatic nitrogens is 1. The summed E-state index contributed by atoms with van der Waals surface area (Å²) in [5.74, 6) is 1.38. The molecule has 0 bridgehead atoms. The number of carbonyl (C=O) groups excluding carboxylic acids is 1. The van der Waals surface area contributed by atoms with E-state index in [1.165, 1.54) is 12.8 Å². The summed E-state index contributed by atoms with van der Waals surface area (Å²) >= 11 is 0. The molecule has 0 saturated carbocycles. The summed E-state index contributed by atoms with van der Waals surface area (Å²) in [6.07, 6.45) is 4.48. The molecule has 1 aromatic heterocycles. The number of ether oxygens (including phenoxy) is 1. The maximum atomic E-state index is 12.8. The van der Waals surface area contributed by atoms with Crippen LogP contribution in [0.4, 0.5) is 0 Å². The SMILES string of the molecule is Cc1cccc(OCc2c(C(=O)N3CCCCCC3)noc2C)c1. The van der Waals surface area contributed by atoms with E-state index < -0.39 is 0 Å². The van der Waals surface area contributed by atoms with Crippen molar-refractivity contribution >= 4 is 5.91 Å². The first-order valence-electron chi connectivity index (χ1n) is 8.59. The lowest BCUT2D eigenvalue weighted by Crippen LogP contribution is -2.32. The molecular formula is C19H24N2O3.